The maximum atomic E-state index is 3.68. The summed E-state index contributed by atoms with van der Waals surface area (Å²) in [6.45, 7) is 8.31. The second-order valence-corrected chi connectivity index (χ2v) is 8.05. The summed E-state index contributed by atoms with van der Waals surface area (Å²) >= 11 is 5.78. The lowest BCUT2D eigenvalue weighted by atomic mass is 10.00. The molecule has 0 aliphatic carbocycles. The van der Waals surface area contributed by atoms with Crippen LogP contribution in [0.5, 0.6) is 0 Å². The van der Waals surface area contributed by atoms with Crippen LogP contribution in [-0.4, -0.2) is 40.4 Å². The third-order valence-electron chi connectivity index (χ3n) is 3.44. The van der Waals surface area contributed by atoms with E-state index in [2.05, 4.69) is 76.8 Å². The van der Waals surface area contributed by atoms with E-state index in [1.165, 1.54) is 31.0 Å². The first-order valence-corrected chi connectivity index (χ1v) is 8.69. The SMILES string of the molecule is CC1(C)CN(CC(CBr)c2ccccc2)CCS1. The first-order valence-electron chi connectivity index (χ1n) is 6.58. The van der Waals surface area contributed by atoms with Crippen LogP contribution < -0.4 is 0 Å². The molecule has 1 unspecified atom stereocenters. The zero-order chi connectivity index (χ0) is 13.0. The number of hydrogen-bond acceptors (Lipinski definition) is 2. The number of benzene rings is 1. The fourth-order valence-corrected chi connectivity index (χ4v) is 4.30. The molecule has 18 heavy (non-hydrogen) atoms. The maximum absolute atomic E-state index is 3.68. The second-order valence-electron chi connectivity index (χ2n) is 5.61. The van der Waals surface area contributed by atoms with E-state index in [0.29, 0.717) is 10.7 Å². The fourth-order valence-electron chi connectivity index (χ4n) is 2.55. The minimum absolute atomic E-state index is 0.409. The summed E-state index contributed by atoms with van der Waals surface area (Å²) in [4.78, 5) is 2.62. The Hall–Kier alpha value is 0.01000. The fraction of sp³-hybridized carbons (Fsp3) is 0.600. The number of halogens is 1. The van der Waals surface area contributed by atoms with Crippen LogP contribution in [0.4, 0.5) is 0 Å². The smallest absolute Gasteiger partial charge is 0.0231 e. The van der Waals surface area contributed by atoms with Gasteiger partial charge in [0.25, 0.3) is 0 Å². The van der Waals surface area contributed by atoms with Crippen LogP contribution >= 0.6 is 27.7 Å². The Balaban J connectivity index is 1.98. The van der Waals surface area contributed by atoms with Crippen molar-refractivity contribution in [1.82, 2.24) is 4.90 Å². The van der Waals surface area contributed by atoms with Crippen molar-refractivity contribution in [3.8, 4) is 0 Å². The summed E-state index contributed by atoms with van der Waals surface area (Å²) in [7, 11) is 0. The Kier molecular flexibility index (Phi) is 5.16. The number of alkyl halides is 1. The van der Waals surface area contributed by atoms with E-state index in [-0.39, 0.29) is 0 Å². The van der Waals surface area contributed by atoms with Crippen LogP contribution in [0.15, 0.2) is 30.3 Å². The van der Waals surface area contributed by atoms with Gasteiger partial charge in [-0.05, 0) is 19.4 Å². The van der Waals surface area contributed by atoms with Crippen LogP contribution in [0.25, 0.3) is 0 Å². The van der Waals surface area contributed by atoms with Gasteiger partial charge in [-0.25, -0.2) is 0 Å². The molecule has 0 spiro atoms. The summed E-state index contributed by atoms with van der Waals surface area (Å²) < 4.78 is 0.409. The van der Waals surface area contributed by atoms with Gasteiger partial charge >= 0.3 is 0 Å². The second kappa shape index (κ2) is 6.44. The Morgan fingerprint density at radius 3 is 2.67 bits per heavy atom. The van der Waals surface area contributed by atoms with E-state index in [1.54, 1.807) is 0 Å². The molecular weight excluding hydrogens is 306 g/mol. The van der Waals surface area contributed by atoms with Gasteiger partial charge in [-0.15, -0.1) is 0 Å². The van der Waals surface area contributed by atoms with Gasteiger partial charge in [0.05, 0.1) is 0 Å². The first-order chi connectivity index (χ1) is 8.61. The van der Waals surface area contributed by atoms with Gasteiger partial charge in [-0.3, -0.25) is 0 Å². The highest BCUT2D eigenvalue weighted by Crippen LogP contribution is 2.31. The van der Waals surface area contributed by atoms with Crippen molar-refractivity contribution in [2.75, 3.05) is 30.7 Å². The highest BCUT2D eigenvalue weighted by Gasteiger charge is 2.28. The predicted octanol–water partition coefficient (Wildman–Crippen LogP) is 3.99. The maximum Gasteiger partial charge on any atom is 0.0231 e. The molecule has 0 saturated carbocycles. The monoisotopic (exact) mass is 327 g/mol. The molecular formula is C15H22BrNS. The summed E-state index contributed by atoms with van der Waals surface area (Å²) in [5.41, 5.74) is 1.45. The van der Waals surface area contributed by atoms with Gasteiger partial charge in [0.15, 0.2) is 0 Å². The zero-order valence-corrected chi connectivity index (χ0v) is 13.6. The molecule has 1 nitrogen and oxygen atoms in total. The zero-order valence-electron chi connectivity index (χ0n) is 11.2. The first kappa shape index (κ1) is 14.4. The average molecular weight is 328 g/mol. The Labute approximate surface area is 123 Å². The van der Waals surface area contributed by atoms with Gasteiger partial charge in [-0.2, -0.15) is 11.8 Å². The molecule has 1 saturated heterocycles. The van der Waals surface area contributed by atoms with Crippen molar-refractivity contribution in [2.24, 2.45) is 0 Å². The average Bonchev–Trinajstić information content (AvgIpc) is 2.36. The molecule has 0 amide bonds. The third-order valence-corrected chi connectivity index (χ3v) is 5.52. The van der Waals surface area contributed by atoms with E-state index >= 15 is 0 Å². The number of hydrogen-bond donors (Lipinski definition) is 0. The molecule has 0 radical (unpaired) electrons. The largest absolute Gasteiger partial charge is 0.301 e. The summed E-state index contributed by atoms with van der Waals surface area (Å²) in [6, 6.07) is 10.9. The third kappa shape index (κ3) is 4.01. The lowest BCUT2D eigenvalue weighted by Gasteiger charge is -2.39. The molecule has 1 aliphatic heterocycles. The van der Waals surface area contributed by atoms with E-state index in [0.717, 1.165) is 5.33 Å². The molecule has 100 valence electrons. The molecule has 2 rings (SSSR count). The van der Waals surface area contributed by atoms with Gasteiger partial charge in [0.2, 0.25) is 0 Å². The molecule has 0 N–H and O–H groups in total. The minimum Gasteiger partial charge on any atom is -0.301 e. The predicted molar refractivity (Wildman–Crippen MR) is 86.0 cm³/mol. The van der Waals surface area contributed by atoms with Gasteiger partial charge in [-0.1, -0.05) is 46.3 Å². The highest BCUT2D eigenvalue weighted by molar-refractivity contribution is 9.09. The van der Waals surface area contributed by atoms with Crippen molar-refractivity contribution in [3.63, 3.8) is 0 Å². The molecule has 1 heterocycles. The van der Waals surface area contributed by atoms with E-state index in [4.69, 9.17) is 0 Å². The molecule has 1 aromatic carbocycles. The molecule has 0 aromatic heterocycles. The molecule has 3 heteroatoms. The van der Waals surface area contributed by atoms with Crippen molar-refractivity contribution < 1.29 is 0 Å². The highest BCUT2D eigenvalue weighted by atomic mass is 79.9. The molecule has 1 fully saturated rings. The van der Waals surface area contributed by atoms with E-state index < -0.39 is 0 Å². The topological polar surface area (TPSA) is 3.24 Å². The Bertz CT molecular complexity index is 366. The molecule has 1 aliphatic rings. The number of nitrogens with zero attached hydrogens (tertiary/aromatic N) is 1. The van der Waals surface area contributed by atoms with Crippen LogP contribution in [0.2, 0.25) is 0 Å². The quantitative estimate of drug-likeness (QED) is 0.769. The lowest BCUT2D eigenvalue weighted by molar-refractivity contribution is 0.250. The normalized spacial score (nSPS) is 21.7. The van der Waals surface area contributed by atoms with Crippen molar-refractivity contribution in [1.29, 1.82) is 0 Å². The van der Waals surface area contributed by atoms with E-state index in [9.17, 15) is 0 Å². The van der Waals surface area contributed by atoms with Gasteiger partial charge in [0, 0.05) is 41.4 Å². The summed E-state index contributed by atoms with van der Waals surface area (Å²) in [5.74, 6) is 1.86. The number of thioether (sulfide) groups is 1. The molecule has 1 aromatic rings. The number of rotatable bonds is 4. The molecule has 1 atom stereocenters. The standard InChI is InChI=1S/C15H22BrNS/c1-15(2)12-17(8-9-18-15)11-14(10-16)13-6-4-3-5-7-13/h3-7,14H,8-12H2,1-2H3. The lowest BCUT2D eigenvalue weighted by Crippen LogP contribution is -2.44. The minimum atomic E-state index is 0.409. The molecule has 0 bridgehead atoms. The van der Waals surface area contributed by atoms with Crippen LogP contribution in [0.1, 0.15) is 25.3 Å². The van der Waals surface area contributed by atoms with Gasteiger partial charge in [0.1, 0.15) is 0 Å². The van der Waals surface area contributed by atoms with E-state index in [1.807, 2.05) is 0 Å². The van der Waals surface area contributed by atoms with Crippen molar-refractivity contribution >= 4 is 27.7 Å². The van der Waals surface area contributed by atoms with Crippen molar-refractivity contribution in [2.45, 2.75) is 24.5 Å². The Morgan fingerprint density at radius 2 is 2.06 bits per heavy atom. The van der Waals surface area contributed by atoms with Gasteiger partial charge < -0.3 is 4.90 Å². The summed E-state index contributed by atoms with van der Waals surface area (Å²) in [5, 5.41) is 1.04. The van der Waals surface area contributed by atoms with Crippen LogP contribution in [0, 0.1) is 0 Å². The van der Waals surface area contributed by atoms with Crippen LogP contribution in [0.3, 0.4) is 0 Å². The van der Waals surface area contributed by atoms with Crippen LogP contribution in [-0.2, 0) is 0 Å². The van der Waals surface area contributed by atoms with Crippen molar-refractivity contribution in [3.05, 3.63) is 35.9 Å². The Morgan fingerprint density at radius 1 is 1.33 bits per heavy atom. The summed E-state index contributed by atoms with van der Waals surface area (Å²) in [6.07, 6.45) is 0.